The van der Waals surface area contributed by atoms with Gasteiger partial charge >= 0.3 is 0 Å². The van der Waals surface area contributed by atoms with Crippen molar-refractivity contribution in [3.63, 3.8) is 0 Å². The number of benzene rings is 2. The van der Waals surface area contributed by atoms with Crippen molar-refractivity contribution in [2.45, 2.75) is 11.0 Å². The largest absolute Gasteiger partial charge is 0.489 e. The Labute approximate surface area is 133 Å². The zero-order chi connectivity index (χ0) is 16.2. The molecule has 0 unspecified atom stereocenters. The van der Waals surface area contributed by atoms with E-state index in [0.717, 1.165) is 24.3 Å². The Morgan fingerprint density at radius 2 is 1.77 bits per heavy atom. The number of hydrogen-bond donors (Lipinski definition) is 1. The van der Waals surface area contributed by atoms with Gasteiger partial charge in [0.2, 0.25) is 0 Å². The second-order valence-electron chi connectivity index (χ2n) is 4.63. The molecule has 22 heavy (non-hydrogen) atoms. The van der Waals surface area contributed by atoms with Crippen LogP contribution in [0.4, 0.5) is 4.39 Å². The first-order valence-corrected chi connectivity index (χ1v) is 8.45. The minimum Gasteiger partial charge on any atom is -0.489 e. The van der Waals surface area contributed by atoms with Gasteiger partial charge in [0.05, 0.1) is 15.7 Å². The van der Waals surface area contributed by atoms with Crippen LogP contribution in [0.2, 0.25) is 5.02 Å². The molecule has 0 bridgehead atoms. The molecule has 0 aliphatic heterocycles. The minimum atomic E-state index is -3.72. The normalized spacial score (nSPS) is 12.9. The summed E-state index contributed by atoms with van der Waals surface area (Å²) in [5.74, 6) is -0.688. The number of hydrogen-bond acceptors (Lipinski definition) is 4. The molecule has 0 radical (unpaired) electrons. The van der Waals surface area contributed by atoms with E-state index in [2.05, 4.69) is 0 Å². The summed E-state index contributed by atoms with van der Waals surface area (Å²) < 4.78 is 42.2. The van der Waals surface area contributed by atoms with Gasteiger partial charge in [0.1, 0.15) is 24.3 Å². The Bertz CT molecular complexity index is 731. The van der Waals surface area contributed by atoms with Crippen molar-refractivity contribution in [1.82, 2.24) is 0 Å². The highest BCUT2D eigenvalue weighted by Crippen LogP contribution is 2.23. The summed E-state index contributed by atoms with van der Waals surface area (Å²) >= 11 is 5.89. The van der Waals surface area contributed by atoms with E-state index in [1.54, 1.807) is 24.3 Å². The second-order valence-corrected chi connectivity index (χ2v) is 7.07. The lowest BCUT2D eigenvalue weighted by molar-refractivity contribution is 0.125. The Morgan fingerprint density at radius 1 is 1.14 bits per heavy atom. The fourth-order valence-corrected chi connectivity index (χ4v) is 3.32. The van der Waals surface area contributed by atoms with Crippen LogP contribution in [-0.4, -0.2) is 32.0 Å². The Kier molecular flexibility index (Phi) is 5.39. The van der Waals surface area contributed by atoms with Crippen LogP contribution >= 0.6 is 11.6 Å². The van der Waals surface area contributed by atoms with Gasteiger partial charge in [-0.2, -0.15) is 0 Å². The monoisotopic (exact) mass is 344 g/mol. The first-order valence-electron chi connectivity index (χ1n) is 6.42. The van der Waals surface area contributed by atoms with Gasteiger partial charge in [-0.15, -0.1) is 0 Å². The van der Waals surface area contributed by atoms with Crippen LogP contribution in [0.15, 0.2) is 53.4 Å². The number of aliphatic hydroxyl groups is 1. The highest BCUT2D eigenvalue weighted by molar-refractivity contribution is 7.91. The number of sulfone groups is 1. The van der Waals surface area contributed by atoms with Crippen molar-refractivity contribution >= 4 is 21.4 Å². The van der Waals surface area contributed by atoms with E-state index in [1.807, 2.05) is 0 Å². The molecule has 0 saturated heterocycles. The summed E-state index contributed by atoms with van der Waals surface area (Å²) in [4.78, 5) is -0.0503. The van der Waals surface area contributed by atoms with Gasteiger partial charge in [-0.05, 0) is 36.4 Å². The zero-order valence-electron chi connectivity index (χ0n) is 11.4. The molecule has 4 nitrogen and oxygen atoms in total. The van der Waals surface area contributed by atoms with Crippen LogP contribution in [0.5, 0.6) is 5.75 Å². The van der Waals surface area contributed by atoms with E-state index in [9.17, 15) is 17.9 Å². The molecular formula is C15H14ClFO4S. The predicted octanol–water partition coefficient (Wildman–Crippen LogP) is 2.69. The van der Waals surface area contributed by atoms with Crippen LogP contribution in [0, 0.1) is 5.82 Å². The molecule has 118 valence electrons. The topological polar surface area (TPSA) is 63.6 Å². The molecule has 0 amide bonds. The number of ether oxygens (including phenoxy) is 1. The molecule has 1 atom stereocenters. The molecule has 0 fully saturated rings. The van der Waals surface area contributed by atoms with Gasteiger partial charge in [0.15, 0.2) is 9.84 Å². The van der Waals surface area contributed by atoms with Crippen molar-refractivity contribution in [2.75, 3.05) is 12.4 Å². The fourth-order valence-electron chi connectivity index (χ4n) is 1.79. The SMILES string of the molecule is O=S(=O)(C[C@@H](O)COc1ccccc1Cl)c1ccc(F)cc1. The van der Waals surface area contributed by atoms with Gasteiger partial charge in [0.25, 0.3) is 0 Å². The third-order valence-electron chi connectivity index (χ3n) is 2.85. The standard InChI is InChI=1S/C15H14ClFO4S/c16-14-3-1-2-4-15(14)21-9-12(18)10-22(19,20)13-7-5-11(17)6-8-13/h1-8,12,18H,9-10H2/t12-/m0/s1. The van der Waals surface area contributed by atoms with E-state index < -0.39 is 27.5 Å². The molecule has 0 aliphatic carbocycles. The number of halogens is 2. The summed E-state index contributed by atoms with van der Waals surface area (Å²) in [7, 11) is -3.72. The average molecular weight is 345 g/mol. The third kappa shape index (κ3) is 4.43. The summed E-state index contributed by atoms with van der Waals surface area (Å²) in [6, 6.07) is 11.1. The fraction of sp³-hybridized carbons (Fsp3) is 0.200. The zero-order valence-corrected chi connectivity index (χ0v) is 13.0. The summed E-state index contributed by atoms with van der Waals surface area (Å²) in [6.45, 7) is -0.218. The third-order valence-corrected chi connectivity index (χ3v) is 4.98. The molecule has 0 saturated carbocycles. The van der Waals surface area contributed by atoms with Crippen LogP contribution in [0.1, 0.15) is 0 Å². The molecule has 0 aromatic heterocycles. The van der Waals surface area contributed by atoms with Gasteiger partial charge in [0, 0.05) is 0 Å². The molecule has 2 aromatic carbocycles. The average Bonchev–Trinajstić information content (AvgIpc) is 2.46. The van der Waals surface area contributed by atoms with Crippen LogP contribution in [0.25, 0.3) is 0 Å². The van der Waals surface area contributed by atoms with Gasteiger partial charge < -0.3 is 9.84 Å². The van der Waals surface area contributed by atoms with E-state index in [1.165, 1.54) is 0 Å². The lowest BCUT2D eigenvalue weighted by Gasteiger charge is -2.13. The molecular weight excluding hydrogens is 331 g/mol. The first-order chi connectivity index (χ1) is 10.4. The molecule has 0 heterocycles. The Morgan fingerprint density at radius 3 is 2.41 bits per heavy atom. The maximum absolute atomic E-state index is 12.8. The van der Waals surface area contributed by atoms with Gasteiger partial charge in [-0.25, -0.2) is 12.8 Å². The van der Waals surface area contributed by atoms with Gasteiger partial charge in [-0.3, -0.25) is 0 Å². The maximum Gasteiger partial charge on any atom is 0.181 e. The minimum absolute atomic E-state index is 0.0503. The van der Waals surface area contributed by atoms with Gasteiger partial charge in [-0.1, -0.05) is 23.7 Å². The molecule has 0 spiro atoms. The summed E-state index contributed by atoms with van der Waals surface area (Å²) in [5, 5.41) is 10.2. The first kappa shape index (κ1) is 16.7. The van der Waals surface area contributed by atoms with Crippen LogP contribution < -0.4 is 4.74 Å². The second kappa shape index (κ2) is 7.09. The van der Waals surface area contributed by atoms with E-state index in [-0.39, 0.29) is 11.5 Å². The lowest BCUT2D eigenvalue weighted by atomic mass is 10.3. The number of rotatable bonds is 6. The van der Waals surface area contributed by atoms with Crippen molar-refractivity contribution in [2.24, 2.45) is 0 Å². The van der Waals surface area contributed by atoms with Crippen LogP contribution in [-0.2, 0) is 9.84 Å². The molecule has 0 aliphatic rings. The highest BCUT2D eigenvalue weighted by Gasteiger charge is 2.20. The smallest absolute Gasteiger partial charge is 0.181 e. The van der Waals surface area contributed by atoms with Crippen molar-refractivity contribution in [3.05, 3.63) is 59.4 Å². The number of aliphatic hydroxyl groups excluding tert-OH is 1. The summed E-state index contributed by atoms with van der Waals surface area (Å²) in [6.07, 6.45) is -1.23. The molecule has 2 aromatic rings. The Balaban J connectivity index is 1.98. The van der Waals surface area contributed by atoms with Crippen molar-refractivity contribution < 1.29 is 22.7 Å². The molecule has 7 heteroatoms. The maximum atomic E-state index is 12.8. The van der Waals surface area contributed by atoms with E-state index in [4.69, 9.17) is 16.3 Å². The Hall–Kier alpha value is -1.63. The quantitative estimate of drug-likeness (QED) is 0.818. The van der Waals surface area contributed by atoms with Crippen LogP contribution in [0.3, 0.4) is 0 Å². The summed E-state index contributed by atoms with van der Waals surface area (Å²) in [5.41, 5.74) is 0. The highest BCUT2D eigenvalue weighted by atomic mass is 35.5. The molecule has 1 N–H and O–H groups in total. The predicted molar refractivity (Wildman–Crippen MR) is 81.4 cm³/mol. The lowest BCUT2D eigenvalue weighted by Crippen LogP contribution is -2.27. The van der Waals surface area contributed by atoms with Crippen molar-refractivity contribution in [1.29, 1.82) is 0 Å². The van der Waals surface area contributed by atoms with Crippen molar-refractivity contribution in [3.8, 4) is 5.75 Å². The molecule has 2 rings (SSSR count). The number of para-hydroxylation sites is 1. The van der Waals surface area contributed by atoms with E-state index >= 15 is 0 Å². The van der Waals surface area contributed by atoms with E-state index in [0.29, 0.717) is 10.8 Å².